The Morgan fingerprint density at radius 3 is 2.26 bits per heavy atom. The lowest BCUT2D eigenvalue weighted by molar-refractivity contribution is -0.135. The van der Waals surface area contributed by atoms with Crippen molar-refractivity contribution in [3.05, 3.63) is 52.9 Å². The number of fused-ring (bicyclic) bond motifs is 1. The molecule has 4 heterocycles. The molecule has 0 aliphatic carbocycles. The minimum atomic E-state index is -0.698. The van der Waals surface area contributed by atoms with Crippen molar-refractivity contribution in [3.8, 4) is 11.1 Å². The summed E-state index contributed by atoms with van der Waals surface area (Å²) in [7, 11) is 1.70. The maximum Gasteiger partial charge on any atom is 0.410 e. The maximum absolute atomic E-state index is 13.0. The second-order valence-electron chi connectivity index (χ2n) is 12.1. The predicted molar refractivity (Wildman–Crippen MR) is 146 cm³/mol. The van der Waals surface area contributed by atoms with E-state index in [0.29, 0.717) is 11.9 Å². The fourth-order valence-electron chi connectivity index (χ4n) is 6.00. The maximum atomic E-state index is 13.0. The first-order chi connectivity index (χ1) is 18.4. The highest BCUT2D eigenvalue weighted by Gasteiger charge is 2.54. The van der Waals surface area contributed by atoms with E-state index in [1.165, 1.54) is 4.57 Å². The van der Waals surface area contributed by atoms with Gasteiger partial charge in [0.25, 0.3) is 0 Å². The molecule has 1 spiro atoms. The van der Waals surface area contributed by atoms with E-state index in [2.05, 4.69) is 34.5 Å². The smallest absolute Gasteiger partial charge is 0.410 e. The number of amides is 3. The fourth-order valence-corrected chi connectivity index (χ4v) is 6.00. The van der Waals surface area contributed by atoms with Crippen LogP contribution in [-0.4, -0.2) is 63.7 Å². The molecule has 3 aromatic rings. The molecule has 0 saturated carbocycles. The molecular weight excluding hydrogens is 498 g/mol. The quantitative estimate of drug-likeness (QED) is 0.521. The van der Waals surface area contributed by atoms with Crippen LogP contribution < -0.4 is 15.9 Å². The van der Waals surface area contributed by atoms with E-state index in [9.17, 15) is 19.2 Å². The Labute approximate surface area is 226 Å². The molecule has 3 fully saturated rings. The van der Waals surface area contributed by atoms with Crippen LogP contribution in [0.3, 0.4) is 0 Å². The number of nitrogens with zero attached hydrogens (tertiary/aromatic N) is 4. The number of rotatable bonds is 3. The van der Waals surface area contributed by atoms with Gasteiger partial charge in [-0.3, -0.25) is 24.0 Å². The summed E-state index contributed by atoms with van der Waals surface area (Å²) in [4.78, 5) is 53.4. The van der Waals surface area contributed by atoms with Gasteiger partial charge in [0.15, 0.2) is 0 Å². The molecule has 3 amide bonds. The number of piperidine rings is 1. The average Bonchev–Trinajstić information content (AvgIpc) is 3.06. The number of carbonyl (C=O) groups excluding carboxylic acids is 3. The third-order valence-electron chi connectivity index (χ3n) is 7.93. The van der Waals surface area contributed by atoms with Crippen molar-refractivity contribution >= 4 is 34.6 Å². The molecule has 0 radical (unpaired) electrons. The van der Waals surface area contributed by atoms with Gasteiger partial charge in [0.05, 0.1) is 11.0 Å². The molecule has 10 nitrogen and oxygen atoms in total. The lowest BCUT2D eigenvalue weighted by Gasteiger charge is -2.60. The zero-order valence-electron chi connectivity index (χ0n) is 22.7. The van der Waals surface area contributed by atoms with Crippen molar-refractivity contribution in [3.63, 3.8) is 0 Å². The van der Waals surface area contributed by atoms with Gasteiger partial charge < -0.3 is 14.5 Å². The zero-order valence-corrected chi connectivity index (χ0v) is 22.7. The highest BCUT2D eigenvalue weighted by atomic mass is 16.6. The van der Waals surface area contributed by atoms with Crippen molar-refractivity contribution in [1.82, 2.24) is 19.4 Å². The van der Waals surface area contributed by atoms with Crippen LogP contribution in [0, 0.1) is 5.41 Å². The number of likely N-dealkylation sites (tertiary alicyclic amines) is 1. The van der Waals surface area contributed by atoms with Crippen LogP contribution in [0.1, 0.15) is 39.7 Å². The highest BCUT2D eigenvalue weighted by Crippen LogP contribution is 2.42. The molecule has 1 aromatic heterocycles. The number of imide groups is 1. The number of imidazole rings is 1. The molecule has 3 aliphatic heterocycles. The van der Waals surface area contributed by atoms with Crippen LogP contribution >= 0.6 is 0 Å². The Balaban J connectivity index is 1.15. The normalized spacial score (nSPS) is 20.6. The molecule has 1 unspecified atom stereocenters. The first kappa shape index (κ1) is 25.2. The molecule has 1 N–H and O–H groups in total. The van der Waals surface area contributed by atoms with Crippen molar-refractivity contribution < 1.29 is 19.1 Å². The molecule has 0 bridgehead atoms. The molecule has 1 atom stereocenters. The van der Waals surface area contributed by atoms with Gasteiger partial charge in [-0.05, 0) is 62.6 Å². The number of aryl methyl sites for hydroxylation is 1. The Morgan fingerprint density at radius 1 is 0.949 bits per heavy atom. The van der Waals surface area contributed by atoms with E-state index in [0.717, 1.165) is 48.5 Å². The van der Waals surface area contributed by atoms with Gasteiger partial charge in [-0.2, -0.15) is 0 Å². The van der Waals surface area contributed by atoms with Crippen molar-refractivity contribution in [2.24, 2.45) is 12.5 Å². The summed E-state index contributed by atoms with van der Waals surface area (Å²) in [5.74, 6) is -0.744. The Kier molecular flexibility index (Phi) is 5.64. The second-order valence-corrected chi connectivity index (χ2v) is 12.1. The fraction of sp³-hybridized carbons (Fsp3) is 0.448. The van der Waals surface area contributed by atoms with Gasteiger partial charge in [-0.25, -0.2) is 9.59 Å². The summed E-state index contributed by atoms with van der Waals surface area (Å²) in [6.07, 6.45) is 0.283. The SMILES string of the molecule is Cn1c(=O)n(C2CCC(=O)NC2=O)c2ccc(-c3ccc(N4CC5(CN(C(=O)OC(C)(C)C)C5)C4)cc3)cc21. The first-order valence-corrected chi connectivity index (χ1v) is 13.3. The Morgan fingerprint density at radius 2 is 1.62 bits per heavy atom. The Bertz CT molecular complexity index is 1550. The summed E-state index contributed by atoms with van der Waals surface area (Å²) >= 11 is 0. The van der Waals surface area contributed by atoms with Gasteiger partial charge in [0.1, 0.15) is 11.6 Å². The van der Waals surface area contributed by atoms with Gasteiger partial charge in [0, 0.05) is 50.7 Å². The number of hydrogen-bond acceptors (Lipinski definition) is 6. The number of aromatic nitrogens is 2. The minimum absolute atomic E-state index is 0.154. The number of hydrogen-bond donors (Lipinski definition) is 1. The van der Waals surface area contributed by atoms with Crippen molar-refractivity contribution in [2.45, 2.75) is 45.3 Å². The van der Waals surface area contributed by atoms with Crippen molar-refractivity contribution in [1.29, 1.82) is 0 Å². The van der Waals surface area contributed by atoms with E-state index in [1.54, 1.807) is 16.5 Å². The highest BCUT2D eigenvalue weighted by molar-refractivity contribution is 6.00. The zero-order chi connectivity index (χ0) is 27.7. The number of nitrogens with one attached hydrogen (secondary N) is 1. The van der Waals surface area contributed by atoms with Crippen molar-refractivity contribution in [2.75, 3.05) is 31.1 Å². The molecule has 2 aromatic carbocycles. The van der Waals surface area contributed by atoms with E-state index in [4.69, 9.17) is 4.74 Å². The van der Waals surface area contributed by atoms with Gasteiger partial charge in [-0.1, -0.05) is 18.2 Å². The molecular formula is C29H33N5O5. The molecule has 204 valence electrons. The first-order valence-electron chi connectivity index (χ1n) is 13.3. The number of ether oxygens (including phenoxy) is 1. The van der Waals surface area contributed by atoms with E-state index in [-0.39, 0.29) is 29.5 Å². The molecule has 3 saturated heterocycles. The average molecular weight is 532 g/mol. The van der Waals surface area contributed by atoms with Gasteiger partial charge in [-0.15, -0.1) is 0 Å². The number of anilines is 1. The summed E-state index contributed by atoms with van der Waals surface area (Å²) in [5.41, 5.74) is 3.93. The van der Waals surface area contributed by atoms with Crippen LogP contribution in [-0.2, 0) is 21.4 Å². The lowest BCUT2D eigenvalue weighted by Crippen LogP contribution is -2.73. The van der Waals surface area contributed by atoms with Crippen LogP contribution in [0.25, 0.3) is 22.2 Å². The predicted octanol–water partition coefficient (Wildman–Crippen LogP) is 3.04. The monoisotopic (exact) mass is 531 g/mol. The molecule has 3 aliphatic rings. The number of benzene rings is 2. The van der Waals surface area contributed by atoms with E-state index < -0.39 is 17.6 Å². The van der Waals surface area contributed by atoms with Gasteiger partial charge >= 0.3 is 11.8 Å². The van der Waals surface area contributed by atoms with Gasteiger partial charge in [0.2, 0.25) is 11.8 Å². The third-order valence-corrected chi connectivity index (χ3v) is 7.93. The second kappa shape index (κ2) is 8.72. The summed E-state index contributed by atoms with van der Waals surface area (Å²) in [6, 6.07) is 13.4. The molecule has 10 heteroatoms. The minimum Gasteiger partial charge on any atom is -0.444 e. The standard InChI is InChI=1S/C29H33N5O5/c1-28(2,3)39-27(38)33-16-29(17-33)14-32(15-29)20-8-5-18(6-9-20)19-7-10-21-23(13-19)31(4)26(37)34(21)22-11-12-24(35)30-25(22)36/h5-10,13,22H,11-12,14-17H2,1-4H3,(H,30,35,36). The van der Waals surface area contributed by atoms with E-state index >= 15 is 0 Å². The third kappa shape index (κ3) is 4.37. The Hall–Kier alpha value is -4.08. The molecule has 39 heavy (non-hydrogen) atoms. The van der Waals surface area contributed by atoms with Crippen LogP contribution in [0.4, 0.5) is 10.5 Å². The summed E-state index contributed by atoms with van der Waals surface area (Å²) in [6.45, 7) is 8.92. The topological polar surface area (TPSA) is 106 Å². The van der Waals surface area contributed by atoms with E-state index in [1.807, 2.05) is 39.0 Å². The van der Waals surface area contributed by atoms with Crippen LogP contribution in [0.2, 0.25) is 0 Å². The summed E-state index contributed by atoms with van der Waals surface area (Å²) in [5, 5.41) is 2.34. The summed E-state index contributed by atoms with van der Waals surface area (Å²) < 4.78 is 8.52. The molecule has 6 rings (SSSR count). The van der Waals surface area contributed by atoms with Crippen LogP contribution in [0.15, 0.2) is 47.3 Å². The number of carbonyl (C=O) groups is 3. The van der Waals surface area contributed by atoms with Crippen LogP contribution in [0.5, 0.6) is 0 Å². The largest absolute Gasteiger partial charge is 0.444 e. The lowest BCUT2D eigenvalue weighted by atomic mass is 9.73.